The summed E-state index contributed by atoms with van der Waals surface area (Å²) in [6.07, 6.45) is 1.06. The predicted molar refractivity (Wildman–Crippen MR) is 120 cm³/mol. The highest BCUT2D eigenvalue weighted by atomic mass is 28.4. The summed E-state index contributed by atoms with van der Waals surface area (Å²) in [5.74, 6) is -2.13. The van der Waals surface area contributed by atoms with Crippen LogP contribution in [0.15, 0.2) is 48.5 Å². The zero-order valence-corrected chi connectivity index (χ0v) is 20.2. The topological polar surface area (TPSA) is 97.4 Å². The Hall–Kier alpha value is -3.17. The van der Waals surface area contributed by atoms with Crippen LogP contribution in [0.25, 0.3) is 0 Å². The summed E-state index contributed by atoms with van der Waals surface area (Å²) in [5, 5.41) is 0. The summed E-state index contributed by atoms with van der Waals surface area (Å²) in [5.41, 5.74) is 2.85. The van der Waals surface area contributed by atoms with Gasteiger partial charge in [-0.2, -0.15) is 0 Å². The molecule has 0 aliphatic carbocycles. The molecule has 1 heterocycles. The van der Waals surface area contributed by atoms with Crippen molar-refractivity contribution in [2.45, 2.75) is 59.0 Å². The Labute approximate surface area is 194 Å². The normalized spacial score (nSPS) is 17.3. The molecular formula is C24H28O8Si. The standard InChI is InChI=1S/C24H28O8Si/c1-17(25)30-33(31-18(2)26,32-19(3)27)14-8-9-20-12-13-23-21(15-20)16-28-24(4,29-23)22-10-6-5-7-11-22/h5-7,10-13,15H,8-9,14,16H2,1-4H3. The van der Waals surface area contributed by atoms with E-state index in [4.69, 9.17) is 22.8 Å². The van der Waals surface area contributed by atoms with E-state index in [1.165, 1.54) is 20.8 Å². The summed E-state index contributed by atoms with van der Waals surface area (Å²) in [4.78, 5) is 34.7. The van der Waals surface area contributed by atoms with Gasteiger partial charge in [0.05, 0.1) is 12.7 Å². The van der Waals surface area contributed by atoms with Crippen molar-refractivity contribution >= 4 is 26.7 Å². The van der Waals surface area contributed by atoms with Gasteiger partial charge in [-0.05, 0) is 30.5 Å². The second kappa shape index (κ2) is 10.2. The molecule has 0 saturated carbocycles. The number of benzene rings is 2. The van der Waals surface area contributed by atoms with E-state index >= 15 is 0 Å². The van der Waals surface area contributed by atoms with Crippen LogP contribution in [0.4, 0.5) is 0 Å². The third-order valence-electron chi connectivity index (χ3n) is 5.08. The quantitative estimate of drug-likeness (QED) is 0.531. The monoisotopic (exact) mass is 472 g/mol. The maximum absolute atomic E-state index is 11.6. The molecule has 1 aliphatic rings. The summed E-state index contributed by atoms with van der Waals surface area (Å²) in [6, 6.07) is 15.7. The van der Waals surface area contributed by atoms with Crippen LogP contribution in [-0.2, 0) is 51.2 Å². The molecule has 9 heteroatoms. The number of carbonyl (C=O) groups is 3. The van der Waals surface area contributed by atoms with E-state index in [1.807, 2.05) is 55.5 Å². The minimum Gasteiger partial charge on any atom is -0.458 e. The molecule has 1 unspecified atom stereocenters. The van der Waals surface area contributed by atoms with Gasteiger partial charge in [0, 0.05) is 38.8 Å². The molecule has 0 fully saturated rings. The lowest BCUT2D eigenvalue weighted by Gasteiger charge is -2.36. The van der Waals surface area contributed by atoms with E-state index in [0.29, 0.717) is 19.4 Å². The Balaban J connectivity index is 1.69. The number of carbonyl (C=O) groups excluding carboxylic acids is 3. The van der Waals surface area contributed by atoms with Gasteiger partial charge in [-0.25, -0.2) is 0 Å². The van der Waals surface area contributed by atoms with Crippen molar-refractivity contribution in [1.29, 1.82) is 0 Å². The number of hydrogen-bond acceptors (Lipinski definition) is 8. The molecule has 0 saturated heterocycles. The minimum absolute atomic E-state index is 0.127. The molecule has 0 spiro atoms. The second-order valence-electron chi connectivity index (χ2n) is 7.96. The van der Waals surface area contributed by atoms with Crippen molar-refractivity contribution in [2.75, 3.05) is 0 Å². The Morgan fingerprint density at radius 1 is 0.939 bits per heavy atom. The van der Waals surface area contributed by atoms with E-state index in [9.17, 15) is 14.4 Å². The molecule has 3 rings (SSSR count). The van der Waals surface area contributed by atoms with E-state index < -0.39 is 32.5 Å². The fraction of sp³-hybridized carbons (Fsp3) is 0.375. The molecule has 0 bridgehead atoms. The molecule has 176 valence electrons. The van der Waals surface area contributed by atoms with Gasteiger partial charge in [0.25, 0.3) is 17.9 Å². The van der Waals surface area contributed by atoms with Crippen LogP contribution in [0.3, 0.4) is 0 Å². The number of fused-ring (bicyclic) bond motifs is 1. The maximum Gasteiger partial charge on any atom is 0.705 e. The van der Waals surface area contributed by atoms with E-state index in [0.717, 1.165) is 22.4 Å². The predicted octanol–water partition coefficient (Wildman–Crippen LogP) is 4.03. The van der Waals surface area contributed by atoms with Gasteiger partial charge >= 0.3 is 8.80 Å². The zero-order chi connectivity index (χ0) is 24.1. The SMILES string of the molecule is CC(=O)O[Si](CCCc1ccc2c(c1)COC(C)(c1ccccc1)O2)(OC(C)=O)OC(C)=O. The number of hydrogen-bond donors (Lipinski definition) is 0. The van der Waals surface area contributed by atoms with Gasteiger partial charge in [-0.1, -0.05) is 36.4 Å². The van der Waals surface area contributed by atoms with Crippen molar-refractivity contribution in [1.82, 2.24) is 0 Å². The van der Waals surface area contributed by atoms with Gasteiger partial charge in [-0.3, -0.25) is 14.4 Å². The van der Waals surface area contributed by atoms with E-state index in [2.05, 4.69) is 0 Å². The molecule has 2 aromatic carbocycles. The third kappa shape index (κ3) is 6.42. The van der Waals surface area contributed by atoms with Crippen LogP contribution in [0.1, 0.15) is 50.8 Å². The Bertz CT molecular complexity index is 982. The Morgan fingerprint density at radius 3 is 2.12 bits per heavy atom. The highest BCUT2D eigenvalue weighted by Gasteiger charge is 2.51. The molecule has 0 radical (unpaired) electrons. The number of rotatable bonds is 8. The average Bonchev–Trinajstić information content (AvgIpc) is 2.73. The molecule has 8 nitrogen and oxygen atoms in total. The van der Waals surface area contributed by atoms with Crippen molar-refractivity contribution in [2.24, 2.45) is 0 Å². The zero-order valence-electron chi connectivity index (χ0n) is 19.2. The fourth-order valence-electron chi connectivity index (χ4n) is 3.72. The van der Waals surface area contributed by atoms with Crippen molar-refractivity contribution in [3.63, 3.8) is 0 Å². The lowest BCUT2D eigenvalue weighted by Crippen LogP contribution is -2.49. The Morgan fingerprint density at radius 2 is 1.55 bits per heavy atom. The number of aryl methyl sites for hydroxylation is 1. The fourth-order valence-corrected chi connectivity index (χ4v) is 6.08. The molecule has 1 atom stereocenters. The number of ether oxygens (including phenoxy) is 2. The molecule has 0 amide bonds. The molecule has 0 aromatic heterocycles. The van der Waals surface area contributed by atoms with Gasteiger partial charge < -0.3 is 22.8 Å². The van der Waals surface area contributed by atoms with Crippen LogP contribution >= 0.6 is 0 Å². The highest BCUT2D eigenvalue weighted by molar-refractivity contribution is 6.65. The molecule has 1 aliphatic heterocycles. The molecule has 2 aromatic rings. The van der Waals surface area contributed by atoms with Crippen LogP contribution in [-0.4, -0.2) is 26.7 Å². The Kier molecular flexibility index (Phi) is 7.55. The molecule has 33 heavy (non-hydrogen) atoms. The minimum atomic E-state index is -3.82. The lowest BCUT2D eigenvalue weighted by atomic mass is 10.0. The average molecular weight is 473 g/mol. The van der Waals surface area contributed by atoms with Crippen LogP contribution in [0, 0.1) is 0 Å². The van der Waals surface area contributed by atoms with Crippen LogP contribution < -0.4 is 4.74 Å². The van der Waals surface area contributed by atoms with E-state index in [-0.39, 0.29) is 6.04 Å². The first-order valence-corrected chi connectivity index (χ1v) is 12.6. The van der Waals surface area contributed by atoms with Crippen molar-refractivity contribution < 1.29 is 37.1 Å². The maximum atomic E-state index is 11.6. The van der Waals surface area contributed by atoms with Crippen molar-refractivity contribution in [3.05, 3.63) is 65.2 Å². The first-order chi connectivity index (χ1) is 15.6. The van der Waals surface area contributed by atoms with Gasteiger partial charge in [0.1, 0.15) is 5.75 Å². The largest absolute Gasteiger partial charge is 0.705 e. The third-order valence-corrected chi connectivity index (χ3v) is 7.84. The summed E-state index contributed by atoms with van der Waals surface area (Å²) >= 11 is 0. The summed E-state index contributed by atoms with van der Waals surface area (Å²) < 4.78 is 27.9. The summed E-state index contributed by atoms with van der Waals surface area (Å²) in [6.45, 7) is 5.83. The van der Waals surface area contributed by atoms with Gasteiger partial charge in [0.15, 0.2) is 0 Å². The van der Waals surface area contributed by atoms with Crippen LogP contribution in [0.2, 0.25) is 6.04 Å². The van der Waals surface area contributed by atoms with E-state index in [1.54, 1.807) is 0 Å². The first-order valence-electron chi connectivity index (χ1n) is 10.7. The smallest absolute Gasteiger partial charge is 0.458 e. The van der Waals surface area contributed by atoms with Crippen LogP contribution in [0.5, 0.6) is 5.75 Å². The lowest BCUT2D eigenvalue weighted by molar-refractivity contribution is -0.201. The molecule has 0 N–H and O–H groups in total. The molecular weight excluding hydrogens is 444 g/mol. The van der Waals surface area contributed by atoms with Gasteiger partial charge in [0.2, 0.25) is 5.79 Å². The first kappa shape index (κ1) is 24.5. The van der Waals surface area contributed by atoms with Crippen molar-refractivity contribution in [3.8, 4) is 5.75 Å². The second-order valence-corrected chi connectivity index (χ2v) is 10.4. The summed E-state index contributed by atoms with van der Waals surface area (Å²) in [7, 11) is -3.82. The van der Waals surface area contributed by atoms with Gasteiger partial charge in [-0.15, -0.1) is 0 Å². The highest BCUT2D eigenvalue weighted by Crippen LogP contribution is 2.38.